The van der Waals surface area contributed by atoms with Gasteiger partial charge in [-0.1, -0.05) is 0 Å². The molecule has 0 saturated carbocycles. The number of hydrogen-bond acceptors (Lipinski definition) is 4. The topological polar surface area (TPSA) is 35.2 Å². The van der Waals surface area contributed by atoms with Gasteiger partial charge in [-0.05, 0) is 43.2 Å². The third-order valence-corrected chi connectivity index (χ3v) is 6.31. The molecule has 1 spiro atoms. The lowest BCUT2D eigenvalue weighted by Gasteiger charge is -2.37. The zero-order valence-corrected chi connectivity index (χ0v) is 12.4. The van der Waals surface area contributed by atoms with Crippen molar-refractivity contribution in [2.24, 2.45) is 0 Å². The van der Waals surface area contributed by atoms with Crippen LogP contribution in [0.15, 0.2) is 23.1 Å². The van der Waals surface area contributed by atoms with Crippen LogP contribution in [0.3, 0.4) is 0 Å². The lowest BCUT2D eigenvalue weighted by Crippen LogP contribution is -2.40. The maximum Gasteiger partial charge on any atom is 0.138 e. The van der Waals surface area contributed by atoms with Crippen molar-refractivity contribution in [1.82, 2.24) is 0 Å². The predicted octanol–water partition coefficient (Wildman–Crippen LogP) is 3.55. The highest BCUT2D eigenvalue weighted by Crippen LogP contribution is 2.43. The van der Waals surface area contributed by atoms with E-state index < -0.39 is 0 Å². The van der Waals surface area contributed by atoms with Gasteiger partial charge in [0, 0.05) is 28.2 Å². The summed E-state index contributed by atoms with van der Waals surface area (Å²) < 4.78 is 19.8. The van der Waals surface area contributed by atoms with Crippen molar-refractivity contribution in [2.45, 2.75) is 35.0 Å². The fraction of sp³-hybridized carbons (Fsp3) is 0.571. The fourth-order valence-corrected chi connectivity index (χ4v) is 5.40. The van der Waals surface area contributed by atoms with Crippen molar-refractivity contribution in [3.63, 3.8) is 0 Å². The SMILES string of the molecule is Nc1ccc(SC2CCOC3(CCSC3)C2)c(F)c1. The van der Waals surface area contributed by atoms with Crippen LogP contribution in [-0.2, 0) is 4.74 Å². The summed E-state index contributed by atoms with van der Waals surface area (Å²) in [5, 5.41) is 0.450. The Hall–Kier alpha value is -0.390. The van der Waals surface area contributed by atoms with Crippen LogP contribution in [0.1, 0.15) is 19.3 Å². The van der Waals surface area contributed by atoms with E-state index in [9.17, 15) is 4.39 Å². The predicted molar refractivity (Wildman–Crippen MR) is 80.3 cm³/mol. The Morgan fingerprint density at radius 3 is 3.11 bits per heavy atom. The van der Waals surface area contributed by atoms with E-state index in [1.807, 2.05) is 11.8 Å². The lowest BCUT2D eigenvalue weighted by atomic mass is 9.93. The molecule has 2 aliphatic rings. The van der Waals surface area contributed by atoms with Gasteiger partial charge in [-0.3, -0.25) is 0 Å². The highest BCUT2D eigenvalue weighted by molar-refractivity contribution is 8.00. The van der Waals surface area contributed by atoms with E-state index in [-0.39, 0.29) is 11.4 Å². The molecule has 2 saturated heterocycles. The first-order valence-corrected chi connectivity index (χ1v) is 8.64. The van der Waals surface area contributed by atoms with Gasteiger partial charge in [-0.2, -0.15) is 11.8 Å². The Morgan fingerprint density at radius 2 is 2.37 bits per heavy atom. The summed E-state index contributed by atoms with van der Waals surface area (Å²) in [5.74, 6) is 2.08. The summed E-state index contributed by atoms with van der Waals surface area (Å²) in [6.45, 7) is 0.800. The van der Waals surface area contributed by atoms with E-state index in [0.717, 1.165) is 31.6 Å². The van der Waals surface area contributed by atoms with Crippen molar-refractivity contribution in [3.05, 3.63) is 24.0 Å². The number of hydrogen-bond donors (Lipinski definition) is 1. The molecule has 19 heavy (non-hydrogen) atoms. The molecule has 2 heterocycles. The number of ether oxygens (including phenoxy) is 1. The second-order valence-corrected chi connectivity index (χ2v) is 7.70. The molecule has 0 amide bonds. The number of anilines is 1. The van der Waals surface area contributed by atoms with Gasteiger partial charge >= 0.3 is 0 Å². The summed E-state index contributed by atoms with van der Waals surface area (Å²) in [7, 11) is 0. The van der Waals surface area contributed by atoms with Gasteiger partial charge < -0.3 is 10.5 Å². The quantitative estimate of drug-likeness (QED) is 0.847. The minimum Gasteiger partial charge on any atom is -0.399 e. The standard InChI is InChI=1S/C14H18FNOS2/c15-12-7-10(16)1-2-13(12)19-11-3-5-17-14(8-11)4-6-18-9-14/h1-2,7,11H,3-6,8-9,16H2. The molecule has 3 rings (SSSR count). The van der Waals surface area contributed by atoms with Crippen LogP contribution in [0.25, 0.3) is 0 Å². The number of thioether (sulfide) groups is 2. The third kappa shape index (κ3) is 3.03. The number of nitrogens with two attached hydrogens (primary N) is 1. The average molecular weight is 299 g/mol. The molecular weight excluding hydrogens is 281 g/mol. The second-order valence-electron chi connectivity index (χ2n) is 5.26. The van der Waals surface area contributed by atoms with Crippen molar-refractivity contribution in [2.75, 3.05) is 23.8 Å². The first-order valence-electron chi connectivity index (χ1n) is 6.60. The Morgan fingerprint density at radius 1 is 1.47 bits per heavy atom. The van der Waals surface area contributed by atoms with Gasteiger partial charge in [0.2, 0.25) is 0 Å². The molecule has 0 aliphatic carbocycles. The van der Waals surface area contributed by atoms with Gasteiger partial charge in [-0.25, -0.2) is 4.39 Å². The molecule has 2 aliphatic heterocycles. The maximum atomic E-state index is 13.8. The zero-order chi connectivity index (χ0) is 13.3. The summed E-state index contributed by atoms with van der Waals surface area (Å²) in [6, 6.07) is 4.97. The molecule has 0 aromatic heterocycles. The molecule has 2 atom stereocenters. The van der Waals surface area contributed by atoms with Gasteiger partial charge in [-0.15, -0.1) is 11.8 Å². The van der Waals surface area contributed by atoms with Crippen LogP contribution >= 0.6 is 23.5 Å². The maximum absolute atomic E-state index is 13.8. The largest absolute Gasteiger partial charge is 0.399 e. The summed E-state index contributed by atoms with van der Waals surface area (Å²) in [5.41, 5.74) is 6.13. The van der Waals surface area contributed by atoms with Gasteiger partial charge in [0.05, 0.1) is 5.60 Å². The number of halogens is 1. The third-order valence-electron chi connectivity index (χ3n) is 3.76. The Balaban J connectivity index is 1.69. The van der Waals surface area contributed by atoms with E-state index in [1.165, 1.54) is 11.8 Å². The number of rotatable bonds is 2. The van der Waals surface area contributed by atoms with Crippen molar-refractivity contribution in [1.29, 1.82) is 0 Å². The molecule has 5 heteroatoms. The van der Waals surface area contributed by atoms with Crippen LogP contribution in [0.4, 0.5) is 10.1 Å². The lowest BCUT2D eigenvalue weighted by molar-refractivity contribution is -0.0562. The zero-order valence-electron chi connectivity index (χ0n) is 10.7. The Bertz CT molecular complexity index is 463. The molecule has 2 N–H and O–H groups in total. The summed E-state index contributed by atoms with van der Waals surface area (Å²) in [6.07, 6.45) is 3.17. The molecule has 104 valence electrons. The highest BCUT2D eigenvalue weighted by Gasteiger charge is 2.40. The van der Waals surface area contributed by atoms with E-state index >= 15 is 0 Å². The number of nitrogen functional groups attached to an aromatic ring is 1. The molecule has 2 unspecified atom stereocenters. The molecule has 1 aromatic carbocycles. The van der Waals surface area contributed by atoms with E-state index in [0.29, 0.717) is 15.8 Å². The molecule has 0 radical (unpaired) electrons. The first-order chi connectivity index (χ1) is 9.17. The summed E-state index contributed by atoms with van der Waals surface area (Å²) >= 11 is 3.61. The van der Waals surface area contributed by atoms with Crippen LogP contribution in [0.2, 0.25) is 0 Å². The van der Waals surface area contributed by atoms with Crippen molar-refractivity contribution in [3.8, 4) is 0 Å². The summed E-state index contributed by atoms with van der Waals surface area (Å²) in [4.78, 5) is 0.710. The number of benzene rings is 1. The van der Waals surface area contributed by atoms with Crippen LogP contribution in [0.5, 0.6) is 0 Å². The van der Waals surface area contributed by atoms with Gasteiger partial charge in [0.1, 0.15) is 5.82 Å². The molecular formula is C14H18FNOS2. The average Bonchev–Trinajstić information content (AvgIpc) is 2.81. The normalized spacial score (nSPS) is 30.9. The molecule has 0 bridgehead atoms. The highest BCUT2D eigenvalue weighted by atomic mass is 32.2. The monoisotopic (exact) mass is 299 g/mol. The molecule has 2 fully saturated rings. The van der Waals surface area contributed by atoms with Crippen LogP contribution < -0.4 is 5.73 Å². The fourth-order valence-electron chi connectivity index (χ4n) is 2.74. The minimum atomic E-state index is -0.202. The van der Waals surface area contributed by atoms with Crippen LogP contribution in [0, 0.1) is 5.82 Å². The van der Waals surface area contributed by atoms with E-state index in [1.54, 1.807) is 23.9 Å². The van der Waals surface area contributed by atoms with Crippen molar-refractivity contribution < 1.29 is 9.13 Å². The minimum absolute atomic E-state index is 0.0604. The molecule has 1 aromatic rings. The van der Waals surface area contributed by atoms with Gasteiger partial charge in [0.15, 0.2) is 0 Å². The van der Waals surface area contributed by atoms with Crippen LogP contribution in [-0.4, -0.2) is 29.0 Å². The van der Waals surface area contributed by atoms with E-state index in [2.05, 4.69) is 0 Å². The second kappa shape index (κ2) is 5.54. The van der Waals surface area contributed by atoms with Crippen molar-refractivity contribution >= 4 is 29.2 Å². The smallest absolute Gasteiger partial charge is 0.138 e. The van der Waals surface area contributed by atoms with Gasteiger partial charge in [0.25, 0.3) is 0 Å². The Labute approximate surface area is 121 Å². The Kier molecular flexibility index (Phi) is 3.96. The molecule has 2 nitrogen and oxygen atoms in total. The van der Waals surface area contributed by atoms with E-state index in [4.69, 9.17) is 10.5 Å². The first kappa shape index (κ1) is 13.6.